The van der Waals surface area contributed by atoms with Gasteiger partial charge in [0.15, 0.2) is 5.15 Å². The minimum absolute atomic E-state index is 0.0213. The van der Waals surface area contributed by atoms with Gasteiger partial charge in [-0.15, -0.1) is 0 Å². The van der Waals surface area contributed by atoms with Crippen LogP contribution in [0.2, 0.25) is 5.15 Å². The van der Waals surface area contributed by atoms with E-state index in [1.54, 1.807) is 27.7 Å². The summed E-state index contributed by atoms with van der Waals surface area (Å²) in [6.45, 7) is 8.88. The second-order valence-corrected chi connectivity index (χ2v) is 6.23. The smallest absolute Gasteiger partial charge is 0.424 e. The van der Waals surface area contributed by atoms with Gasteiger partial charge in [0.1, 0.15) is 17.1 Å². The van der Waals surface area contributed by atoms with Gasteiger partial charge in [0.2, 0.25) is 0 Å². The molecule has 2 amide bonds. The number of hydrogen-bond donors (Lipinski definition) is 0. The SMILES string of the molecule is CCCCOC(=O)N(C(=O)OC(C)(C)C)c1cnc(C)nc1Cl. The standard InChI is InChI=1S/C15H22ClN3O4/c1-6-7-8-22-13(20)19(14(21)23-15(3,4)5)11-9-17-10(2)18-12(11)16/h9H,6-8H2,1-5H3. The van der Waals surface area contributed by atoms with Crippen molar-refractivity contribution in [2.24, 2.45) is 0 Å². The summed E-state index contributed by atoms with van der Waals surface area (Å²) >= 11 is 6.04. The Labute approximate surface area is 140 Å². The van der Waals surface area contributed by atoms with Crippen LogP contribution in [0, 0.1) is 6.92 Å². The van der Waals surface area contributed by atoms with Gasteiger partial charge in [-0.05, 0) is 34.1 Å². The monoisotopic (exact) mass is 343 g/mol. The molecule has 0 saturated heterocycles. The molecule has 0 radical (unpaired) electrons. The molecule has 0 aliphatic rings. The Kier molecular flexibility index (Phi) is 6.75. The Morgan fingerprint density at radius 3 is 2.48 bits per heavy atom. The summed E-state index contributed by atoms with van der Waals surface area (Å²) in [5.41, 5.74) is -0.759. The lowest BCUT2D eigenvalue weighted by Crippen LogP contribution is -2.41. The highest BCUT2D eigenvalue weighted by Crippen LogP contribution is 2.25. The molecule has 0 aromatic carbocycles. The second-order valence-electron chi connectivity index (χ2n) is 5.88. The normalized spacial score (nSPS) is 11.0. The topological polar surface area (TPSA) is 81.6 Å². The third-order valence-electron chi connectivity index (χ3n) is 2.57. The molecule has 0 aliphatic heterocycles. The predicted octanol–water partition coefficient (Wildman–Crippen LogP) is 4.12. The van der Waals surface area contributed by atoms with Gasteiger partial charge < -0.3 is 9.47 Å². The molecular weight excluding hydrogens is 322 g/mol. The van der Waals surface area contributed by atoms with Crippen molar-refractivity contribution in [3.05, 3.63) is 17.2 Å². The average molecular weight is 344 g/mol. The molecule has 0 aliphatic carbocycles. The highest BCUT2D eigenvalue weighted by Gasteiger charge is 2.32. The molecule has 0 unspecified atom stereocenters. The Morgan fingerprint density at radius 2 is 1.96 bits per heavy atom. The first-order valence-electron chi connectivity index (χ1n) is 7.34. The molecule has 0 spiro atoms. The van der Waals surface area contributed by atoms with Crippen molar-refractivity contribution in [2.75, 3.05) is 11.5 Å². The molecular formula is C15H22ClN3O4. The van der Waals surface area contributed by atoms with Crippen molar-refractivity contribution in [3.8, 4) is 0 Å². The highest BCUT2D eigenvalue weighted by atomic mass is 35.5. The minimum Gasteiger partial charge on any atom is -0.449 e. The molecule has 0 atom stereocenters. The van der Waals surface area contributed by atoms with Crippen molar-refractivity contribution < 1.29 is 19.1 Å². The zero-order valence-electron chi connectivity index (χ0n) is 14.1. The van der Waals surface area contributed by atoms with Crippen LogP contribution in [-0.2, 0) is 9.47 Å². The van der Waals surface area contributed by atoms with Crippen molar-refractivity contribution >= 4 is 29.5 Å². The van der Waals surface area contributed by atoms with E-state index in [9.17, 15) is 9.59 Å². The lowest BCUT2D eigenvalue weighted by atomic mass is 10.2. The van der Waals surface area contributed by atoms with E-state index in [-0.39, 0.29) is 17.4 Å². The van der Waals surface area contributed by atoms with Crippen LogP contribution in [-0.4, -0.2) is 34.4 Å². The number of halogens is 1. The molecule has 1 aromatic heterocycles. The number of ether oxygens (including phenoxy) is 2. The number of rotatable bonds is 4. The third kappa shape index (κ3) is 6.02. The summed E-state index contributed by atoms with van der Waals surface area (Å²) in [4.78, 5) is 33.3. The number of anilines is 1. The average Bonchev–Trinajstić information content (AvgIpc) is 2.40. The first kappa shape index (κ1) is 19.2. The number of hydrogen-bond acceptors (Lipinski definition) is 6. The van der Waals surface area contributed by atoms with Gasteiger partial charge in [-0.25, -0.2) is 19.6 Å². The van der Waals surface area contributed by atoms with Crippen molar-refractivity contribution in [1.82, 2.24) is 9.97 Å². The molecule has 1 heterocycles. The molecule has 1 rings (SSSR count). The molecule has 0 saturated carbocycles. The first-order chi connectivity index (χ1) is 10.7. The van der Waals surface area contributed by atoms with Gasteiger partial charge in [0.05, 0.1) is 12.8 Å². The summed E-state index contributed by atoms with van der Waals surface area (Å²) in [6, 6.07) is 0. The summed E-state index contributed by atoms with van der Waals surface area (Å²) in [6.07, 6.45) is 1.06. The Morgan fingerprint density at radius 1 is 1.30 bits per heavy atom. The maximum atomic E-state index is 12.4. The number of aryl methyl sites for hydroxylation is 1. The number of aromatic nitrogens is 2. The largest absolute Gasteiger partial charge is 0.449 e. The fraction of sp³-hybridized carbons (Fsp3) is 0.600. The summed E-state index contributed by atoms with van der Waals surface area (Å²) in [7, 11) is 0. The van der Waals surface area contributed by atoms with Gasteiger partial charge in [0, 0.05) is 0 Å². The van der Waals surface area contributed by atoms with Crippen molar-refractivity contribution in [1.29, 1.82) is 0 Å². The Balaban J connectivity index is 3.09. The fourth-order valence-electron chi connectivity index (χ4n) is 1.53. The summed E-state index contributed by atoms with van der Waals surface area (Å²) < 4.78 is 10.3. The third-order valence-corrected chi connectivity index (χ3v) is 2.85. The van der Waals surface area contributed by atoms with E-state index in [1.807, 2.05) is 6.92 Å². The van der Waals surface area contributed by atoms with Crippen LogP contribution >= 0.6 is 11.6 Å². The molecule has 0 fully saturated rings. The number of nitrogens with zero attached hydrogens (tertiary/aromatic N) is 3. The molecule has 8 heteroatoms. The minimum atomic E-state index is -0.895. The van der Waals surface area contributed by atoms with Crippen LogP contribution in [0.1, 0.15) is 46.4 Å². The first-order valence-corrected chi connectivity index (χ1v) is 7.72. The summed E-state index contributed by atoms with van der Waals surface area (Å²) in [5, 5.41) is -0.0317. The zero-order valence-corrected chi connectivity index (χ0v) is 14.8. The number of amides is 2. The van der Waals surface area contributed by atoms with Gasteiger partial charge in [-0.3, -0.25) is 0 Å². The van der Waals surface area contributed by atoms with E-state index >= 15 is 0 Å². The van der Waals surface area contributed by atoms with Crippen LogP contribution in [0.15, 0.2) is 6.20 Å². The quantitative estimate of drug-likeness (QED) is 0.604. The van der Waals surface area contributed by atoms with Crippen LogP contribution in [0.4, 0.5) is 15.3 Å². The van der Waals surface area contributed by atoms with Gasteiger partial charge in [-0.1, -0.05) is 24.9 Å². The van der Waals surface area contributed by atoms with E-state index in [2.05, 4.69) is 9.97 Å². The zero-order chi connectivity index (χ0) is 17.6. The molecule has 1 aromatic rings. The molecule has 23 heavy (non-hydrogen) atoms. The Bertz CT molecular complexity index is 572. The van der Waals surface area contributed by atoms with Gasteiger partial charge in [-0.2, -0.15) is 4.90 Å². The molecule has 7 nitrogen and oxygen atoms in total. The number of carbonyl (C=O) groups is 2. The number of imide groups is 1. The van der Waals surface area contributed by atoms with Crippen LogP contribution < -0.4 is 4.90 Å². The van der Waals surface area contributed by atoms with Crippen LogP contribution in [0.5, 0.6) is 0 Å². The van der Waals surface area contributed by atoms with E-state index in [0.717, 1.165) is 6.42 Å². The predicted molar refractivity (Wildman–Crippen MR) is 86.7 cm³/mol. The van der Waals surface area contributed by atoms with Gasteiger partial charge >= 0.3 is 12.2 Å². The lowest BCUT2D eigenvalue weighted by Gasteiger charge is -2.25. The maximum absolute atomic E-state index is 12.4. The number of carbonyl (C=O) groups excluding carboxylic acids is 2. The highest BCUT2D eigenvalue weighted by molar-refractivity contribution is 6.33. The van der Waals surface area contributed by atoms with E-state index in [0.29, 0.717) is 17.1 Å². The Hall–Kier alpha value is -1.89. The molecule has 0 N–H and O–H groups in total. The summed E-state index contributed by atoms with van der Waals surface area (Å²) in [5.74, 6) is 0.419. The van der Waals surface area contributed by atoms with Crippen LogP contribution in [0.25, 0.3) is 0 Å². The van der Waals surface area contributed by atoms with Crippen molar-refractivity contribution in [3.63, 3.8) is 0 Å². The maximum Gasteiger partial charge on any atom is 0.424 e. The fourth-order valence-corrected chi connectivity index (χ4v) is 1.79. The molecule has 128 valence electrons. The van der Waals surface area contributed by atoms with E-state index in [4.69, 9.17) is 21.1 Å². The van der Waals surface area contributed by atoms with Gasteiger partial charge in [0.25, 0.3) is 0 Å². The second kappa shape index (κ2) is 8.10. The lowest BCUT2D eigenvalue weighted by molar-refractivity contribution is 0.0567. The van der Waals surface area contributed by atoms with E-state index < -0.39 is 17.8 Å². The van der Waals surface area contributed by atoms with Crippen molar-refractivity contribution in [2.45, 2.75) is 53.1 Å². The molecule has 0 bridgehead atoms. The van der Waals surface area contributed by atoms with Crippen LogP contribution in [0.3, 0.4) is 0 Å². The number of unbranched alkanes of at least 4 members (excludes halogenated alkanes) is 1. The van der Waals surface area contributed by atoms with E-state index in [1.165, 1.54) is 6.20 Å².